The number of hydrogen-bond donors (Lipinski definition) is 0. The molecule has 1 amide bonds. The lowest BCUT2D eigenvalue weighted by atomic mass is 10.1. The van der Waals surface area contributed by atoms with Crippen molar-refractivity contribution < 1.29 is 4.79 Å². The summed E-state index contributed by atoms with van der Waals surface area (Å²) >= 11 is 0. The Morgan fingerprint density at radius 3 is 2.61 bits per heavy atom. The summed E-state index contributed by atoms with van der Waals surface area (Å²) in [5.41, 5.74) is 3.33. The van der Waals surface area contributed by atoms with Crippen LogP contribution in [0, 0.1) is 6.92 Å². The number of aromatic nitrogens is 5. The molecule has 0 aliphatic rings. The Morgan fingerprint density at radius 2 is 1.89 bits per heavy atom. The first-order chi connectivity index (χ1) is 13.5. The van der Waals surface area contributed by atoms with E-state index in [-0.39, 0.29) is 5.91 Å². The number of amides is 1. The maximum atomic E-state index is 13.5. The van der Waals surface area contributed by atoms with Crippen LogP contribution in [0.15, 0.2) is 55.0 Å². The molecule has 0 bridgehead atoms. The summed E-state index contributed by atoms with van der Waals surface area (Å²) in [6.45, 7) is 2.80. The maximum absolute atomic E-state index is 13.5. The number of benzene rings is 1. The van der Waals surface area contributed by atoms with Crippen LogP contribution in [0.5, 0.6) is 0 Å². The molecule has 0 spiro atoms. The summed E-state index contributed by atoms with van der Waals surface area (Å²) in [4.78, 5) is 24.1. The highest BCUT2D eigenvalue weighted by atomic mass is 16.2. The number of hydrogen-bond acceptors (Lipinski definition) is 4. The normalized spacial score (nSPS) is 11.1. The first-order valence-corrected chi connectivity index (χ1v) is 9.11. The SMILES string of the molecule is Cc1cc(CN(Cc2nccn2C)C(=O)c2ccnc3ccccc23)nn1C. The van der Waals surface area contributed by atoms with Gasteiger partial charge in [0.15, 0.2) is 0 Å². The highest BCUT2D eigenvalue weighted by molar-refractivity contribution is 6.05. The van der Waals surface area contributed by atoms with Crippen molar-refractivity contribution in [2.45, 2.75) is 20.0 Å². The zero-order valence-electron chi connectivity index (χ0n) is 16.2. The second-order valence-electron chi connectivity index (χ2n) is 6.89. The van der Waals surface area contributed by atoms with E-state index in [4.69, 9.17) is 0 Å². The van der Waals surface area contributed by atoms with Crippen molar-refractivity contribution in [2.24, 2.45) is 14.1 Å². The van der Waals surface area contributed by atoms with Crippen LogP contribution in [-0.4, -0.2) is 35.1 Å². The van der Waals surface area contributed by atoms with E-state index in [1.807, 2.05) is 66.8 Å². The number of carbonyl (C=O) groups is 1. The number of rotatable bonds is 5. The van der Waals surface area contributed by atoms with E-state index in [1.54, 1.807) is 23.4 Å². The standard InChI is InChI=1S/C21H22N6O/c1-15-12-16(24-26(15)3)13-27(14-20-23-10-11-25(20)2)21(28)18-8-9-22-19-7-5-4-6-17(18)19/h4-12H,13-14H2,1-3H3. The summed E-state index contributed by atoms with van der Waals surface area (Å²) in [6, 6.07) is 11.5. The molecule has 0 fully saturated rings. The van der Waals surface area contributed by atoms with Gasteiger partial charge in [-0.15, -0.1) is 0 Å². The Labute approximate surface area is 163 Å². The third kappa shape index (κ3) is 3.38. The fourth-order valence-electron chi connectivity index (χ4n) is 3.28. The molecule has 3 aromatic heterocycles. The first kappa shape index (κ1) is 17.9. The molecule has 0 N–H and O–H groups in total. The predicted octanol–water partition coefficient (Wildman–Crippen LogP) is 2.85. The van der Waals surface area contributed by atoms with Gasteiger partial charge in [0.2, 0.25) is 0 Å². The van der Waals surface area contributed by atoms with Crippen LogP contribution < -0.4 is 0 Å². The molecule has 142 valence electrons. The molecule has 4 aromatic rings. The Morgan fingerprint density at radius 1 is 1.07 bits per heavy atom. The smallest absolute Gasteiger partial charge is 0.255 e. The molecule has 1 aromatic carbocycles. The van der Waals surface area contributed by atoms with Gasteiger partial charge < -0.3 is 9.47 Å². The quantitative estimate of drug-likeness (QED) is 0.539. The van der Waals surface area contributed by atoms with Crippen LogP contribution in [0.25, 0.3) is 10.9 Å². The fourth-order valence-corrected chi connectivity index (χ4v) is 3.28. The molecule has 0 aliphatic carbocycles. The molecule has 0 unspecified atom stereocenters. The molecule has 0 saturated carbocycles. The molecular weight excluding hydrogens is 352 g/mol. The van der Waals surface area contributed by atoms with E-state index in [0.29, 0.717) is 18.7 Å². The van der Waals surface area contributed by atoms with Gasteiger partial charge in [0.05, 0.1) is 29.9 Å². The van der Waals surface area contributed by atoms with Crippen LogP contribution in [0.4, 0.5) is 0 Å². The summed E-state index contributed by atoms with van der Waals surface area (Å²) < 4.78 is 3.75. The average Bonchev–Trinajstić information content (AvgIpc) is 3.24. The lowest BCUT2D eigenvalue weighted by Gasteiger charge is -2.22. The summed E-state index contributed by atoms with van der Waals surface area (Å²) in [7, 11) is 3.83. The molecule has 0 aliphatic heterocycles. The van der Waals surface area contributed by atoms with Crippen LogP contribution in [0.1, 0.15) is 27.6 Å². The van der Waals surface area contributed by atoms with Gasteiger partial charge in [-0.2, -0.15) is 5.10 Å². The Hall–Kier alpha value is -3.48. The molecular formula is C21H22N6O. The van der Waals surface area contributed by atoms with Crippen LogP contribution >= 0.6 is 0 Å². The molecule has 4 rings (SSSR count). The molecule has 0 saturated heterocycles. The van der Waals surface area contributed by atoms with Crippen LogP contribution in [0.3, 0.4) is 0 Å². The number of para-hydroxylation sites is 1. The van der Waals surface area contributed by atoms with Crippen molar-refractivity contribution in [1.29, 1.82) is 0 Å². The lowest BCUT2D eigenvalue weighted by molar-refractivity contribution is 0.0723. The zero-order chi connectivity index (χ0) is 19.7. The number of pyridine rings is 1. The maximum Gasteiger partial charge on any atom is 0.255 e. The van der Waals surface area contributed by atoms with Crippen molar-refractivity contribution in [2.75, 3.05) is 0 Å². The number of imidazole rings is 1. The molecule has 0 radical (unpaired) electrons. The van der Waals surface area contributed by atoms with Gasteiger partial charge in [-0.3, -0.25) is 14.5 Å². The monoisotopic (exact) mass is 374 g/mol. The lowest BCUT2D eigenvalue weighted by Crippen LogP contribution is -2.31. The Balaban J connectivity index is 1.72. The first-order valence-electron chi connectivity index (χ1n) is 9.11. The van der Waals surface area contributed by atoms with Gasteiger partial charge in [0, 0.05) is 43.8 Å². The van der Waals surface area contributed by atoms with E-state index in [2.05, 4.69) is 15.1 Å². The molecule has 28 heavy (non-hydrogen) atoms. The molecule has 7 nitrogen and oxygen atoms in total. The largest absolute Gasteiger partial charge is 0.337 e. The second kappa shape index (κ2) is 7.26. The molecule has 0 atom stereocenters. The fraction of sp³-hybridized carbons (Fsp3) is 0.238. The van der Waals surface area contributed by atoms with Crippen LogP contribution in [-0.2, 0) is 27.2 Å². The second-order valence-corrected chi connectivity index (χ2v) is 6.89. The minimum Gasteiger partial charge on any atom is -0.337 e. The van der Waals surface area contributed by atoms with E-state index in [1.165, 1.54) is 0 Å². The molecule has 7 heteroatoms. The van der Waals surface area contributed by atoms with Crippen molar-refractivity contribution >= 4 is 16.8 Å². The van der Waals surface area contributed by atoms with Gasteiger partial charge in [0.1, 0.15) is 5.82 Å². The van der Waals surface area contributed by atoms with Crippen LogP contribution in [0.2, 0.25) is 0 Å². The van der Waals surface area contributed by atoms with Gasteiger partial charge in [-0.25, -0.2) is 4.98 Å². The highest BCUT2D eigenvalue weighted by Crippen LogP contribution is 2.20. The van der Waals surface area contributed by atoms with Gasteiger partial charge in [-0.05, 0) is 25.1 Å². The summed E-state index contributed by atoms with van der Waals surface area (Å²) in [6.07, 6.45) is 5.30. The summed E-state index contributed by atoms with van der Waals surface area (Å²) in [5.74, 6) is 0.754. The highest BCUT2D eigenvalue weighted by Gasteiger charge is 2.21. The van der Waals surface area contributed by atoms with E-state index in [9.17, 15) is 4.79 Å². The van der Waals surface area contributed by atoms with E-state index >= 15 is 0 Å². The van der Waals surface area contributed by atoms with Crippen molar-refractivity contribution in [3.8, 4) is 0 Å². The van der Waals surface area contributed by atoms with Crippen molar-refractivity contribution in [3.63, 3.8) is 0 Å². The average molecular weight is 374 g/mol. The van der Waals surface area contributed by atoms with E-state index < -0.39 is 0 Å². The predicted molar refractivity (Wildman–Crippen MR) is 106 cm³/mol. The Kier molecular flexibility index (Phi) is 4.65. The topological polar surface area (TPSA) is 68.8 Å². The molecule has 3 heterocycles. The number of fused-ring (bicyclic) bond motifs is 1. The Bertz CT molecular complexity index is 1120. The zero-order valence-corrected chi connectivity index (χ0v) is 16.2. The van der Waals surface area contributed by atoms with Crippen molar-refractivity contribution in [3.05, 3.63) is 77.8 Å². The van der Waals surface area contributed by atoms with E-state index in [0.717, 1.165) is 28.1 Å². The number of aryl methyl sites for hydroxylation is 3. The summed E-state index contributed by atoms with van der Waals surface area (Å²) in [5, 5.41) is 5.37. The van der Waals surface area contributed by atoms with Gasteiger partial charge >= 0.3 is 0 Å². The van der Waals surface area contributed by atoms with Crippen molar-refractivity contribution in [1.82, 2.24) is 29.2 Å². The number of carbonyl (C=O) groups excluding carboxylic acids is 1. The van der Waals surface area contributed by atoms with Gasteiger partial charge in [0.25, 0.3) is 5.91 Å². The minimum absolute atomic E-state index is 0.0649. The number of nitrogens with zero attached hydrogens (tertiary/aromatic N) is 6. The minimum atomic E-state index is -0.0649. The van der Waals surface area contributed by atoms with Gasteiger partial charge in [-0.1, -0.05) is 18.2 Å². The third-order valence-electron chi connectivity index (χ3n) is 4.94. The third-order valence-corrected chi connectivity index (χ3v) is 4.94.